The minimum absolute atomic E-state index is 0.0166. The van der Waals surface area contributed by atoms with Gasteiger partial charge in [-0.1, -0.05) is 48.5 Å². The largest absolute Gasteiger partial charge is 0.488 e. The van der Waals surface area contributed by atoms with Crippen molar-refractivity contribution in [2.75, 3.05) is 13.2 Å². The Morgan fingerprint density at radius 2 is 0.768 bits per heavy atom. The van der Waals surface area contributed by atoms with Crippen molar-refractivity contribution >= 4 is 21.8 Å². The van der Waals surface area contributed by atoms with Crippen molar-refractivity contribution in [2.24, 2.45) is 14.1 Å². The van der Waals surface area contributed by atoms with Crippen molar-refractivity contribution in [1.29, 1.82) is 0 Å². The molecule has 2 aromatic heterocycles. The van der Waals surface area contributed by atoms with Crippen LogP contribution in [0.4, 0.5) is 0 Å². The summed E-state index contributed by atoms with van der Waals surface area (Å²) in [6.45, 7) is 6.82. The third-order valence-electron chi connectivity index (χ3n) is 16.7. The molecule has 82 heavy (non-hydrogen) atoms. The average molecular weight is 1130 g/mol. The molecule has 4 aromatic carbocycles. The highest BCUT2D eigenvalue weighted by molar-refractivity contribution is 5.83. The van der Waals surface area contributed by atoms with Gasteiger partial charge in [-0.2, -0.15) is 0 Å². The van der Waals surface area contributed by atoms with Crippen LogP contribution in [0.2, 0.25) is 0 Å². The number of hydrogen-bond acceptors (Lipinski definition) is 14. The second-order valence-electron chi connectivity index (χ2n) is 23.9. The van der Waals surface area contributed by atoms with Crippen LogP contribution in [0.1, 0.15) is 138 Å². The van der Waals surface area contributed by atoms with Crippen LogP contribution in [0, 0.1) is 0 Å². The van der Waals surface area contributed by atoms with Gasteiger partial charge in [0.25, 0.3) is 0 Å². The van der Waals surface area contributed by atoms with E-state index in [1.165, 1.54) is 21.9 Å². The van der Waals surface area contributed by atoms with E-state index < -0.39 is 73.6 Å². The summed E-state index contributed by atoms with van der Waals surface area (Å²) in [5.74, 6) is 1.35. The van der Waals surface area contributed by atoms with Crippen LogP contribution >= 0.6 is 0 Å². The number of benzene rings is 4. The number of hydrogen-bond donors (Lipinski definition) is 8. The normalized spacial score (nSPS) is 27.0. The van der Waals surface area contributed by atoms with Crippen molar-refractivity contribution in [3.05, 3.63) is 144 Å². The number of aryl methyl sites for hydroxylation is 2. The maximum Gasteiger partial charge on any atom is 0.212 e. The van der Waals surface area contributed by atoms with Gasteiger partial charge in [-0.3, -0.25) is 0 Å². The molecular weight excluding hydrogens is 1040 g/mol. The first-order chi connectivity index (χ1) is 39.3. The number of aliphatic hydroxyl groups excluding tert-OH is 8. The van der Waals surface area contributed by atoms with E-state index in [4.69, 9.17) is 28.4 Å². The molecule has 16 heteroatoms. The summed E-state index contributed by atoms with van der Waals surface area (Å²) in [5, 5.41) is 85.1. The van der Waals surface area contributed by atoms with Gasteiger partial charge in [0.2, 0.25) is 11.0 Å². The Kier molecular flexibility index (Phi) is 21.1. The maximum absolute atomic E-state index is 10.9. The molecule has 1 saturated carbocycles. The zero-order valence-corrected chi connectivity index (χ0v) is 48.3. The molecule has 0 amide bonds. The van der Waals surface area contributed by atoms with Crippen molar-refractivity contribution in [3.8, 4) is 11.5 Å². The SMILES string of the molecule is CC(O)CC(O)CC(O)CC1CC(CC(C)O)OC(COc2ccc(C3C(c4cc[n+](C)c5ccccc45)C(c4ccc(OCC5OC(CC(C)O)CC(CC(O)CC(O)CC(C)O)O5)cc4)C3c3cc[n+](C)c4ccccc34)cc2)O1. The summed E-state index contributed by atoms with van der Waals surface area (Å²) in [5.41, 5.74) is 7.07. The van der Waals surface area contributed by atoms with E-state index >= 15 is 0 Å². The number of para-hydroxylation sites is 2. The number of fused-ring (bicyclic) bond motifs is 2. The maximum atomic E-state index is 10.9. The Hall–Kier alpha value is -5.18. The fraction of sp³-hybridized carbons (Fsp3) is 0.545. The molecule has 14 unspecified atom stereocenters. The average Bonchev–Trinajstić information content (AvgIpc) is 2.36. The summed E-state index contributed by atoms with van der Waals surface area (Å²) < 4.78 is 42.5. The first-order valence-electron chi connectivity index (χ1n) is 29.6. The van der Waals surface area contributed by atoms with Gasteiger partial charge in [0.1, 0.15) is 38.8 Å². The second-order valence-corrected chi connectivity index (χ2v) is 23.9. The number of rotatable bonds is 26. The monoisotopic (exact) mass is 1130 g/mol. The molecule has 9 rings (SSSR count). The smallest absolute Gasteiger partial charge is 0.212 e. The first-order valence-corrected chi connectivity index (χ1v) is 29.6. The van der Waals surface area contributed by atoms with Crippen LogP contribution < -0.4 is 18.6 Å². The van der Waals surface area contributed by atoms with Gasteiger partial charge < -0.3 is 69.3 Å². The summed E-state index contributed by atoms with van der Waals surface area (Å²) >= 11 is 0. The van der Waals surface area contributed by atoms with Crippen molar-refractivity contribution < 1.29 is 78.4 Å². The fourth-order valence-electron chi connectivity index (χ4n) is 13.3. The lowest BCUT2D eigenvalue weighted by Crippen LogP contribution is -2.43. The molecule has 3 aliphatic rings. The van der Waals surface area contributed by atoms with E-state index in [2.05, 4.69) is 121 Å². The van der Waals surface area contributed by atoms with Crippen LogP contribution in [-0.2, 0) is 33.0 Å². The minimum Gasteiger partial charge on any atom is -0.488 e. The Morgan fingerprint density at radius 1 is 0.415 bits per heavy atom. The molecule has 8 N–H and O–H groups in total. The number of ether oxygens (including phenoxy) is 6. The summed E-state index contributed by atoms with van der Waals surface area (Å²) in [6.07, 6.45) is -1.77. The minimum atomic E-state index is -0.851. The van der Waals surface area contributed by atoms with Crippen molar-refractivity contribution in [2.45, 2.75) is 201 Å². The second kappa shape index (κ2) is 28.1. The van der Waals surface area contributed by atoms with E-state index in [9.17, 15) is 40.9 Å². The van der Waals surface area contributed by atoms with Crippen LogP contribution in [0.25, 0.3) is 21.8 Å². The van der Waals surface area contributed by atoms with E-state index in [-0.39, 0.29) is 87.6 Å². The molecule has 0 bridgehead atoms. The van der Waals surface area contributed by atoms with Crippen LogP contribution in [-0.4, -0.2) is 140 Å². The fourth-order valence-corrected chi connectivity index (χ4v) is 13.3. The molecule has 1 aliphatic carbocycles. The molecule has 0 radical (unpaired) electrons. The van der Waals surface area contributed by atoms with E-state index in [0.717, 1.165) is 22.2 Å². The highest BCUT2D eigenvalue weighted by Gasteiger charge is 2.54. The quantitative estimate of drug-likeness (QED) is 0.0258. The molecule has 444 valence electrons. The van der Waals surface area contributed by atoms with Gasteiger partial charge in [0.15, 0.2) is 25.0 Å². The summed E-state index contributed by atoms with van der Waals surface area (Å²) in [4.78, 5) is 0. The lowest BCUT2D eigenvalue weighted by Gasteiger charge is -2.54. The number of nitrogens with zero attached hydrogens (tertiary/aromatic N) is 2. The first kappa shape index (κ1) is 61.4. The highest BCUT2D eigenvalue weighted by atomic mass is 16.7. The zero-order valence-electron chi connectivity index (χ0n) is 48.3. The Morgan fingerprint density at radius 3 is 1.12 bits per heavy atom. The molecule has 16 nitrogen and oxygen atoms in total. The molecule has 4 heterocycles. The number of aromatic nitrogens is 2. The number of pyridine rings is 2. The molecule has 6 aromatic rings. The third-order valence-corrected chi connectivity index (χ3v) is 16.7. The number of aliphatic hydroxyl groups is 8. The van der Waals surface area contributed by atoms with Gasteiger partial charge in [-0.05, 0) is 161 Å². The van der Waals surface area contributed by atoms with E-state index in [1.54, 1.807) is 27.7 Å². The molecular formula is C66H88N2O14+2. The Balaban J connectivity index is 0.987. The third kappa shape index (κ3) is 15.8. The topological polar surface area (TPSA) is 225 Å². The van der Waals surface area contributed by atoms with Crippen molar-refractivity contribution in [3.63, 3.8) is 0 Å². The predicted molar refractivity (Wildman–Crippen MR) is 309 cm³/mol. The Labute approximate surface area is 482 Å². The van der Waals surface area contributed by atoms with E-state index in [1.807, 2.05) is 24.3 Å². The molecule has 2 aliphatic heterocycles. The summed E-state index contributed by atoms with van der Waals surface area (Å²) in [7, 11) is 4.16. The van der Waals surface area contributed by atoms with Gasteiger partial charge in [-0.25, -0.2) is 9.13 Å². The molecule has 14 atom stereocenters. The lowest BCUT2D eigenvalue weighted by molar-refractivity contribution is -0.645. The highest BCUT2D eigenvalue weighted by Crippen LogP contribution is 2.67. The summed E-state index contributed by atoms with van der Waals surface area (Å²) in [6, 6.07) is 38.5. The van der Waals surface area contributed by atoms with Crippen LogP contribution in [0.5, 0.6) is 11.5 Å². The van der Waals surface area contributed by atoms with Gasteiger partial charge in [0.05, 0.1) is 73.2 Å². The van der Waals surface area contributed by atoms with E-state index in [0.29, 0.717) is 37.2 Å². The van der Waals surface area contributed by atoms with Gasteiger partial charge in [0, 0.05) is 47.9 Å². The van der Waals surface area contributed by atoms with Crippen LogP contribution in [0.3, 0.4) is 0 Å². The molecule has 0 spiro atoms. The van der Waals surface area contributed by atoms with Crippen molar-refractivity contribution in [1.82, 2.24) is 0 Å². The molecule has 3 fully saturated rings. The standard InChI is InChI=1S/C66H88N2O14/c1-39(69)27-45(73)31-47(75)33-53-35-51(29-41(3)71)79-61(81-53)37-77-49-19-15-43(16-20-49)63-65(57-23-25-67(5)59-13-9-7-11-55(57)59)64(66(63)58-24-26-68(6)60-14-10-8-12-56(58)60)44-17-21-50(22-18-44)78-38-62-80-52(30-42(4)72)36-54(82-62)34-48(76)32-46(74)28-40(2)70/h7-26,39-42,45-48,51-54,61-66,69-76H,27-38H2,1-6H3/q+2. The zero-order chi connectivity index (χ0) is 58.2. The lowest BCUT2D eigenvalue weighted by atomic mass is 9.48. The van der Waals surface area contributed by atoms with Gasteiger partial charge in [-0.15, -0.1) is 0 Å². The Bertz CT molecular complexity index is 2750. The predicted octanol–water partition coefficient (Wildman–Crippen LogP) is 6.94. The van der Waals surface area contributed by atoms with Gasteiger partial charge >= 0.3 is 0 Å². The molecule has 2 saturated heterocycles. The van der Waals surface area contributed by atoms with Crippen LogP contribution in [0.15, 0.2) is 122 Å².